The van der Waals surface area contributed by atoms with Gasteiger partial charge in [-0.3, -0.25) is 4.90 Å². The third-order valence-electron chi connectivity index (χ3n) is 6.54. The van der Waals surface area contributed by atoms with E-state index in [0.29, 0.717) is 0 Å². The Morgan fingerprint density at radius 3 is 1.97 bits per heavy atom. The molecule has 4 rings (SSSR count). The summed E-state index contributed by atoms with van der Waals surface area (Å²) in [6.07, 6.45) is 0.671. The van der Waals surface area contributed by atoms with E-state index in [2.05, 4.69) is 40.1 Å². The van der Waals surface area contributed by atoms with Gasteiger partial charge in [0.2, 0.25) is 0 Å². The van der Waals surface area contributed by atoms with Crippen LogP contribution in [-0.4, -0.2) is 63.9 Å². The highest BCUT2D eigenvalue weighted by Gasteiger charge is 2.23. The maximum atomic E-state index is 6.51. The standard InChI is InChI=1S/C29H36N2O4/c1-32-24-9-11-25(12-10-24)35-29(27-21-26(33-2)13-14-28(27)34-3)15-16-30-17-19-31(20-18-30)22-23-7-5-4-6-8-23/h4-14,21,29H,15-20,22H2,1-3H3/t29-/m1/s1. The Bertz CT molecular complexity index is 1030. The second-order valence-electron chi connectivity index (χ2n) is 8.78. The Morgan fingerprint density at radius 2 is 1.31 bits per heavy atom. The molecule has 6 nitrogen and oxygen atoms in total. The molecule has 0 amide bonds. The zero-order valence-electron chi connectivity index (χ0n) is 21.0. The zero-order valence-corrected chi connectivity index (χ0v) is 21.0. The van der Waals surface area contributed by atoms with E-state index in [-0.39, 0.29) is 6.10 Å². The molecule has 0 aliphatic carbocycles. The fourth-order valence-electron chi connectivity index (χ4n) is 4.50. The lowest BCUT2D eigenvalue weighted by Gasteiger charge is -2.35. The van der Waals surface area contributed by atoms with E-state index in [1.165, 1.54) is 5.56 Å². The Hall–Kier alpha value is -3.22. The molecular weight excluding hydrogens is 440 g/mol. The van der Waals surface area contributed by atoms with E-state index in [4.69, 9.17) is 18.9 Å². The highest BCUT2D eigenvalue weighted by Crippen LogP contribution is 2.35. The van der Waals surface area contributed by atoms with Gasteiger partial charge in [0.15, 0.2) is 0 Å². The Kier molecular flexibility index (Phi) is 8.87. The van der Waals surface area contributed by atoms with Crippen molar-refractivity contribution in [2.24, 2.45) is 0 Å². The second kappa shape index (κ2) is 12.5. The Labute approximate surface area is 209 Å². The third-order valence-corrected chi connectivity index (χ3v) is 6.54. The molecule has 3 aromatic rings. The Morgan fingerprint density at radius 1 is 0.686 bits per heavy atom. The summed E-state index contributed by atoms with van der Waals surface area (Å²) >= 11 is 0. The van der Waals surface area contributed by atoms with Gasteiger partial charge < -0.3 is 23.8 Å². The van der Waals surface area contributed by atoms with Gasteiger partial charge >= 0.3 is 0 Å². The van der Waals surface area contributed by atoms with Gasteiger partial charge in [-0.2, -0.15) is 0 Å². The SMILES string of the molecule is COc1ccc(O[C@H](CCN2CCN(Cc3ccccc3)CC2)c2cc(OC)ccc2OC)cc1. The fourth-order valence-corrected chi connectivity index (χ4v) is 4.50. The van der Waals surface area contributed by atoms with Crippen molar-refractivity contribution < 1.29 is 18.9 Å². The van der Waals surface area contributed by atoms with Gasteiger partial charge in [-0.15, -0.1) is 0 Å². The third kappa shape index (κ3) is 6.90. The normalized spacial score (nSPS) is 15.4. The molecule has 0 aromatic heterocycles. The molecule has 0 unspecified atom stereocenters. The first-order valence-electron chi connectivity index (χ1n) is 12.2. The number of nitrogens with zero attached hydrogens (tertiary/aromatic N) is 2. The molecule has 1 atom stereocenters. The number of ether oxygens (including phenoxy) is 4. The number of benzene rings is 3. The molecule has 35 heavy (non-hydrogen) atoms. The van der Waals surface area contributed by atoms with Crippen LogP contribution in [0.3, 0.4) is 0 Å². The molecule has 1 aliphatic rings. The first-order valence-corrected chi connectivity index (χ1v) is 12.2. The lowest BCUT2D eigenvalue weighted by atomic mass is 10.0. The molecule has 1 saturated heterocycles. The van der Waals surface area contributed by atoms with Crippen molar-refractivity contribution in [3.63, 3.8) is 0 Å². The number of rotatable bonds is 11. The molecule has 0 spiro atoms. The smallest absolute Gasteiger partial charge is 0.129 e. The van der Waals surface area contributed by atoms with E-state index >= 15 is 0 Å². The number of hydrogen-bond acceptors (Lipinski definition) is 6. The molecule has 6 heteroatoms. The maximum absolute atomic E-state index is 6.51. The number of hydrogen-bond donors (Lipinski definition) is 0. The summed E-state index contributed by atoms with van der Waals surface area (Å²) in [5.41, 5.74) is 2.37. The average Bonchev–Trinajstić information content (AvgIpc) is 2.92. The van der Waals surface area contributed by atoms with Crippen molar-refractivity contribution >= 4 is 0 Å². The topological polar surface area (TPSA) is 43.4 Å². The summed E-state index contributed by atoms with van der Waals surface area (Å²) in [5.74, 6) is 3.20. The van der Waals surface area contributed by atoms with Crippen molar-refractivity contribution in [1.82, 2.24) is 9.80 Å². The van der Waals surface area contributed by atoms with E-state index in [1.807, 2.05) is 42.5 Å². The van der Waals surface area contributed by atoms with Crippen LogP contribution in [0.2, 0.25) is 0 Å². The average molecular weight is 477 g/mol. The van der Waals surface area contributed by atoms with Crippen molar-refractivity contribution in [3.05, 3.63) is 83.9 Å². The monoisotopic (exact) mass is 476 g/mol. The van der Waals surface area contributed by atoms with Crippen molar-refractivity contribution in [3.8, 4) is 23.0 Å². The van der Waals surface area contributed by atoms with Crippen LogP contribution in [0.15, 0.2) is 72.8 Å². The van der Waals surface area contributed by atoms with Gasteiger partial charge in [0.05, 0.1) is 21.3 Å². The summed E-state index contributed by atoms with van der Waals surface area (Å²) in [5, 5.41) is 0. The molecule has 0 saturated carbocycles. The second-order valence-corrected chi connectivity index (χ2v) is 8.78. The predicted molar refractivity (Wildman–Crippen MR) is 139 cm³/mol. The molecule has 0 radical (unpaired) electrons. The molecule has 3 aromatic carbocycles. The summed E-state index contributed by atoms with van der Waals surface area (Å²) in [6.45, 7) is 6.21. The number of piperazine rings is 1. The minimum atomic E-state index is -0.171. The highest BCUT2D eigenvalue weighted by atomic mass is 16.5. The molecule has 0 bridgehead atoms. The molecule has 186 valence electrons. The van der Waals surface area contributed by atoms with Crippen molar-refractivity contribution in [2.45, 2.75) is 19.1 Å². The number of methoxy groups -OCH3 is 3. The highest BCUT2D eigenvalue weighted by molar-refractivity contribution is 5.42. The lowest BCUT2D eigenvalue weighted by Crippen LogP contribution is -2.46. The van der Waals surface area contributed by atoms with Crippen LogP contribution >= 0.6 is 0 Å². The molecule has 0 N–H and O–H groups in total. The van der Waals surface area contributed by atoms with Crippen LogP contribution < -0.4 is 18.9 Å². The van der Waals surface area contributed by atoms with Crippen LogP contribution in [0.1, 0.15) is 23.7 Å². The van der Waals surface area contributed by atoms with Crippen molar-refractivity contribution in [2.75, 3.05) is 54.1 Å². The van der Waals surface area contributed by atoms with Gasteiger partial charge in [-0.05, 0) is 48.0 Å². The molecular formula is C29H36N2O4. The van der Waals surface area contributed by atoms with Crippen molar-refractivity contribution in [1.29, 1.82) is 0 Å². The minimum Gasteiger partial charge on any atom is -0.497 e. The first kappa shape index (κ1) is 24.9. The zero-order chi connectivity index (χ0) is 24.5. The maximum Gasteiger partial charge on any atom is 0.129 e. The van der Waals surface area contributed by atoms with E-state index in [0.717, 1.165) is 74.3 Å². The first-order chi connectivity index (χ1) is 17.2. The largest absolute Gasteiger partial charge is 0.497 e. The summed E-state index contributed by atoms with van der Waals surface area (Å²) < 4.78 is 23.0. The lowest BCUT2D eigenvalue weighted by molar-refractivity contribution is 0.106. The minimum absolute atomic E-state index is 0.171. The predicted octanol–water partition coefficient (Wildman–Crippen LogP) is 5.04. The van der Waals surface area contributed by atoms with E-state index in [9.17, 15) is 0 Å². The molecule has 1 fully saturated rings. The quantitative estimate of drug-likeness (QED) is 0.386. The summed E-state index contributed by atoms with van der Waals surface area (Å²) in [6, 6.07) is 24.3. The van der Waals surface area contributed by atoms with Crippen LogP contribution in [0.25, 0.3) is 0 Å². The van der Waals surface area contributed by atoms with E-state index in [1.54, 1.807) is 21.3 Å². The van der Waals surface area contributed by atoms with Gasteiger partial charge in [-0.25, -0.2) is 0 Å². The van der Waals surface area contributed by atoms with Gasteiger partial charge in [0, 0.05) is 51.3 Å². The Balaban J connectivity index is 1.42. The molecule has 1 heterocycles. The van der Waals surface area contributed by atoms with Crippen LogP contribution in [0.5, 0.6) is 23.0 Å². The van der Waals surface area contributed by atoms with Gasteiger partial charge in [0.25, 0.3) is 0 Å². The van der Waals surface area contributed by atoms with Crippen LogP contribution in [0.4, 0.5) is 0 Å². The van der Waals surface area contributed by atoms with Crippen LogP contribution in [-0.2, 0) is 6.54 Å². The van der Waals surface area contributed by atoms with Crippen LogP contribution in [0, 0.1) is 0 Å². The van der Waals surface area contributed by atoms with E-state index < -0.39 is 0 Å². The fraction of sp³-hybridized carbons (Fsp3) is 0.379. The summed E-state index contributed by atoms with van der Waals surface area (Å²) in [7, 11) is 5.04. The van der Waals surface area contributed by atoms with Gasteiger partial charge in [-0.1, -0.05) is 30.3 Å². The molecule has 1 aliphatic heterocycles. The summed E-state index contributed by atoms with van der Waals surface area (Å²) in [4.78, 5) is 5.06. The van der Waals surface area contributed by atoms with Gasteiger partial charge in [0.1, 0.15) is 29.1 Å².